The molecular weight excluding hydrogens is 433 g/mol. The van der Waals surface area contributed by atoms with Crippen molar-refractivity contribution >= 4 is 11.8 Å². The van der Waals surface area contributed by atoms with Gasteiger partial charge in [-0.05, 0) is 75.1 Å². The van der Waals surface area contributed by atoms with E-state index in [-0.39, 0.29) is 11.9 Å². The Bertz CT molecular complexity index is 1140. The Balaban J connectivity index is 1.17. The van der Waals surface area contributed by atoms with Crippen LogP contribution in [0.1, 0.15) is 49.7 Å². The standard InChI is InChI=1S/C25H30FN7O/c1-16-12-22(28-15-27-16)32-13-17-5-6-18(14-32)23(17)29-25-30-24-21(4-2-3-11-33(24)31-25)34-20-9-7-19(26)8-10-20/h7-10,12,15,17-18,21,23H,2-6,11,13-14H2,1H3,(H,29,31)/t17-,18+,21-,23-/m0/s1. The summed E-state index contributed by atoms with van der Waals surface area (Å²) in [6.45, 7) is 4.81. The number of piperidine rings is 1. The molecule has 1 saturated heterocycles. The van der Waals surface area contributed by atoms with E-state index in [0.29, 0.717) is 29.6 Å². The second-order valence-electron chi connectivity index (χ2n) is 9.76. The molecule has 4 heterocycles. The van der Waals surface area contributed by atoms with Gasteiger partial charge in [0.1, 0.15) is 23.7 Å². The maximum absolute atomic E-state index is 13.3. The number of aromatic nitrogens is 5. The van der Waals surface area contributed by atoms with E-state index in [1.54, 1.807) is 18.5 Å². The van der Waals surface area contributed by atoms with Crippen molar-refractivity contribution in [2.75, 3.05) is 23.3 Å². The molecule has 9 heteroatoms. The van der Waals surface area contributed by atoms with Crippen molar-refractivity contribution in [2.45, 2.75) is 57.7 Å². The van der Waals surface area contributed by atoms with Gasteiger partial charge < -0.3 is 15.0 Å². The van der Waals surface area contributed by atoms with Gasteiger partial charge in [0.15, 0.2) is 11.9 Å². The molecule has 4 atom stereocenters. The van der Waals surface area contributed by atoms with Crippen molar-refractivity contribution in [3.63, 3.8) is 0 Å². The molecule has 1 aliphatic carbocycles. The molecule has 178 valence electrons. The van der Waals surface area contributed by atoms with Crippen LogP contribution in [0.4, 0.5) is 16.2 Å². The summed E-state index contributed by atoms with van der Waals surface area (Å²) in [6.07, 6.45) is 6.84. The fraction of sp³-hybridized carbons (Fsp3) is 0.520. The lowest BCUT2D eigenvalue weighted by atomic mass is 9.92. The predicted octanol–water partition coefficient (Wildman–Crippen LogP) is 4.15. The maximum atomic E-state index is 13.3. The second-order valence-corrected chi connectivity index (χ2v) is 9.76. The number of nitrogens with one attached hydrogen (secondary N) is 1. The number of aryl methyl sites for hydroxylation is 2. The third kappa shape index (κ3) is 4.19. The number of benzene rings is 1. The van der Waals surface area contributed by atoms with Crippen LogP contribution in [0.5, 0.6) is 5.75 Å². The minimum atomic E-state index is -0.265. The molecule has 3 aromatic rings. The van der Waals surface area contributed by atoms with Gasteiger partial charge in [0.25, 0.3) is 0 Å². The van der Waals surface area contributed by atoms with Gasteiger partial charge in [0, 0.05) is 37.4 Å². The molecule has 8 nitrogen and oxygen atoms in total. The molecule has 2 fully saturated rings. The monoisotopic (exact) mass is 463 g/mol. The molecular formula is C25H30FN7O. The van der Waals surface area contributed by atoms with Crippen molar-refractivity contribution in [2.24, 2.45) is 11.8 Å². The molecule has 1 N–H and O–H groups in total. The first-order chi connectivity index (χ1) is 16.6. The highest BCUT2D eigenvalue weighted by Gasteiger charge is 2.43. The third-order valence-electron chi connectivity index (χ3n) is 7.41. The topological polar surface area (TPSA) is 81.0 Å². The highest BCUT2D eigenvalue weighted by Crippen LogP contribution is 2.40. The first kappa shape index (κ1) is 21.3. The quantitative estimate of drug-likeness (QED) is 0.609. The number of hydrogen-bond acceptors (Lipinski definition) is 7. The zero-order chi connectivity index (χ0) is 23.1. The molecule has 0 amide bonds. The second kappa shape index (κ2) is 8.85. The Hall–Kier alpha value is -3.23. The summed E-state index contributed by atoms with van der Waals surface area (Å²) >= 11 is 0. The van der Waals surface area contributed by atoms with Crippen LogP contribution in [-0.2, 0) is 6.54 Å². The fourth-order valence-electron chi connectivity index (χ4n) is 5.74. The Kier molecular flexibility index (Phi) is 5.55. The number of ether oxygens (including phenoxy) is 1. The van der Waals surface area contributed by atoms with Crippen LogP contribution < -0.4 is 15.0 Å². The lowest BCUT2D eigenvalue weighted by Crippen LogP contribution is -2.48. The summed E-state index contributed by atoms with van der Waals surface area (Å²) in [5.74, 6) is 4.02. The lowest BCUT2D eigenvalue weighted by Gasteiger charge is -2.38. The van der Waals surface area contributed by atoms with Gasteiger partial charge in [-0.1, -0.05) is 0 Å². The van der Waals surface area contributed by atoms with Gasteiger partial charge in [-0.25, -0.2) is 19.0 Å². The average Bonchev–Trinajstić information content (AvgIpc) is 3.25. The average molecular weight is 464 g/mol. The van der Waals surface area contributed by atoms with Gasteiger partial charge in [0.2, 0.25) is 5.95 Å². The van der Waals surface area contributed by atoms with E-state index < -0.39 is 0 Å². The van der Waals surface area contributed by atoms with Gasteiger partial charge in [-0.2, -0.15) is 4.98 Å². The van der Waals surface area contributed by atoms with Crippen molar-refractivity contribution in [3.05, 3.63) is 54.0 Å². The summed E-state index contributed by atoms with van der Waals surface area (Å²) < 4.78 is 21.5. The van der Waals surface area contributed by atoms with Crippen molar-refractivity contribution in [3.8, 4) is 5.75 Å². The van der Waals surface area contributed by atoms with Gasteiger partial charge in [-0.15, -0.1) is 5.10 Å². The third-order valence-corrected chi connectivity index (χ3v) is 7.41. The van der Waals surface area contributed by atoms with E-state index in [9.17, 15) is 4.39 Å². The van der Waals surface area contributed by atoms with Crippen molar-refractivity contribution in [1.82, 2.24) is 24.7 Å². The summed E-state index contributed by atoms with van der Waals surface area (Å²) in [5, 5.41) is 8.50. The number of fused-ring (bicyclic) bond motifs is 3. The molecule has 34 heavy (non-hydrogen) atoms. The largest absolute Gasteiger partial charge is 0.482 e. The van der Waals surface area contributed by atoms with Crippen LogP contribution in [0.15, 0.2) is 36.7 Å². The molecule has 0 radical (unpaired) electrons. The Morgan fingerprint density at radius 3 is 2.59 bits per heavy atom. The van der Waals surface area contributed by atoms with Crippen LogP contribution in [0.3, 0.4) is 0 Å². The normalized spacial score (nSPS) is 26.1. The Labute approximate surface area is 198 Å². The van der Waals surface area contributed by atoms with Crippen molar-refractivity contribution in [1.29, 1.82) is 0 Å². The Morgan fingerprint density at radius 1 is 1.03 bits per heavy atom. The zero-order valence-electron chi connectivity index (χ0n) is 19.4. The number of anilines is 2. The minimum Gasteiger partial charge on any atom is -0.482 e. The number of halogens is 1. The lowest BCUT2D eigenvalue weighted by molar-refractivity contribution is 0.183. The molecule has 1 aromatic carbocycles. The van der Waals surface area contributed by atoms with E-state index in [0.717, 1.165) is 56.2 Å². The molecule has 0 spiro atoms. The summed E-state index contributed by atoms with van der Waals surface area (Å²) in [4.78, 5) is 16.0. The van der Waals surface area contributed by atoms with Crippen LogP contribution in [0, 0.1) is 24.6 Å². The highest BCUT2D eigenvalue weighted by atomic mass is 19.1. The smallest absolute Gasteiger partial charge is 0.242 e. The van der Waals surface area contributed by atoms with E-state index in [4.69, 9.17) is 14.8 Å². The van der Waals surface area contributed by atoms with E-state index in [1.165, 1.54) is 25.0 Å². The van der Waals surface area contributed by atoms with Gasteiger partial charge >= 0.3 is 0 Å². The van der Waals surface area contributed by atoms with E-state index in [1.807, 2.05) is 11.6 Å². The molecule has 2 bridgehead atoms. The molecule has 0 unspecified atom stereocenters. The molecule has 3 aliphatic rings. The zero-order valence-corrected chi connectivity index (χ0v) is 19.4. The van der Waals surface area contributed by atoms with Crippen LogP contribution >= 0.6 is 0 Å². The van der Waals surface area contributed by atoms with Crippen LogP contribution in [-0.4, -0.2) is 43.9 Å². The summed E-state index contributed by atoms with van der Waals surface area (Å²) in [7, 11) is 0. The molecule has 2 aromatic heterocycles. The van der Waals surface area contributed by atoms with Crippen LogP contribution in [0.2, 0.25) is 0 Å². The van der Waals surface area contributed by atoms with E-state index in [2.05, 4.69) is 26.3 Å². The van der Waals surface area contributed by atoms with Crippen LogP contribution in [0.25, 0.3) is 0 Å². The van der Waals surface area contributed by atoms with E-state index >= 15 is 0 Å². The minimum absolute atomic E-state index is 0.185. The maximum Gasteiger partial charge on any atom is 0.242 e. The number of rotatable bonds is 5. The number of hydrogen-bond donors (Lipinski definition) is 1. The molecule has 2 aliphatic heterocycles. The first-order valence-corrected chi connectivity index (χ1v) is 12.3. The van der Waals surface area contributed by atoms with Crippen molar-refractivity contribution < 1.29 is 9.13 Å². The predicted molar refractivity (Wildman–Crippen MR) is 126 cm³/mol. The summed E-state index contributed by atoms with van der Waals surface area (Å²) in [6, 6.07) is 8.63. The van der Waals surface area contributed by atoms with Gasteiger partial charge in [0.05, 0.1) is 0 Å². The summed E-state index contributed by atoms with van der Waals surface area (Å²) in [5.41, 5.74) is 0.999. The SMILES string of the molecule is Cc1cc(N2C[C@H]3CC[C@@H](C2)[C@@H]3Nc2nc3n(n2)CCCC[C@@H]3Oc2ccc(F)cc2)ncn1. The first-order valence-electron chi connectivity index (χ1n) is 12.3. The molecule has 6 rings (SSSR count). The highest BCUT2D eigenvalue weighted by molar-refractivity contribution is 5.41. The van der Waals surface area contributed by atoms with Gasteiger partial charge in [-0.3, -0.25) is 0 Å². The molecule has 1 saturated carbocycles. The Morgan fingerprint density at radius 2 is 1.82 bits per heavy atom. The number of nitrogens with zero attached hydrogens (tertiary/aromatic N) is 6. The fourth-order valence-corrected chi connectivity index (χ4v) is 5.74.